The summed E-state index contributed by atoms with van der Waals surface area (Å²) in [5.41, 5.74) is 0. The summed E-state index contributed by atoms with van der Waals surface area (Å²) in [6, 6.07) is 0. The van der Waals surface area contributed by atoms with Crippen LogP contribution in [0.15, 0.2) is 0 Å². The van der Waals surface area contributed by atoms with Crippen LogP contribution in [0.5, 0.6) is 0 Å². The average Bonchev–Trinajstić information content (AvgIpc) is 2.11. The van der Waals surface area contributed by atoms with Crippen LogP contribution in [0.25, 0.3) is 0 Å². The predicted octanol–water partition coefficient (Wildman–Crippen LogP) is 2.09. The third kappa shape index (κ3) is 4.76. The van der Waals surface area contributed by atoms with Gasteiger partial charge < -0.3 is 10.2 Å². The topological polar surface area (TPSA) is 74.6 Å². The number of hydrogen-bond donors (Lipinski definition) is 2. The molecule has 0 amide bonds. The predicted molar refractivity (Wildman–Crippen MR) is 58.6 cm³/mol. The summed E-state index contributed by atoms with van der Waals surface area (Å²) in [6.45, 7) is 3.54. The van der Waals surface area contributed by atoms with Gasteiger partial charge in [0.2, 0.25) is 0 Å². The normalized spacial score (nSPS) is 14.7. The van der Waals surface area contributed by atoms with Crippen LogP contribution in [0.3, 0.4) is 0 Å². The lowest BCUT2D eigenvalue weighted by molar-refractivity contribution is -0.137. The Balaban J connectivity index is 4.00. The molecule has 0 aliphatic carbocycles. The van der Waals surface area contributed by atoms with Crippen LogP contribution in [0.4, 0.5) is 0 Å². The van der Waals surface area contributed by atoms with Gasteiger partial charge in [0.1, 0.15) is 10.5 Å². The van der Waals surface area contributed by atoms with Crippen molar-refractivity contribution in [3.8, 4) is 0 Å². The molecule has 0 heterocycles. The van der Waals surface area contributed by atoms with Crippen LogP contribution in [0, 0.1) is 0 Å². The molecule has 0 rings (SSSR count). The van der Waals surface area contributed by atoms with Crippen molar-refractivity contribution >= 4 is 33.5 Å². The van der Waals surface area contributed by atoms with Gasteiger partial charge in [0, 0.05) is 0 Å². The Kier molecular flexibility index (Phi) is 6.82. The van der Waals surface area contributed by atoms with E-state index in [4.69, 9.17) is 10.2 Å². The van der Waals surface area contributed by atoms with Crippen molar-refractivity contribution in [1.29, 1.82) is 0 Å². The maximum atomic E-state index is 10.6. The summed E-state index contributed by atoms with van der Waals surface area (Å²) in [5.74, 6) is -1.77. The van der Waals surface area contributed by atoms with E-state index in [2.05, 4.69) is 0 Å². The highest BCUT2D eigenvalue weighted by molar-refractivity contribution is 8.77. The fraction of sp³-hybridized carbons (Fsp3) is 0.750. The van der Waals surface area contributed by atoms with Crippen molar-refractivity contribution < 1.29 is 19.8 Å². The van der Waals surface area contributed by atoms with E-state index in [-0.39, 0.29) is 0 Å². The number of carboxylic acids is 2. The molecule has 2 atom stereocenters. The van der Waals surface area contributed by atoms with Crippen LogP contribution < -0.4 is 0 Å². The number of carboxylic acid groups (broad SMARTS) is 2. The Morgan fingerprint density at radius 1 is 1.00 bits per heavy atom. The van der Waals surface area contributed by atoms with Crippen molar-refractivity contribution in [3.63, 3.8) is 0 Å². The molecule has 6 heteroatoms. The minimum absolute atomic E-state index is 0.503. The lowest BCUT2D eigenvalue weighted by Crippen LogP contribution is -2.17. The molecule has 0 aromatic carbocycles. The Bertz CT molecular complexity index is 186. The summed E-state index contributed by atoms with van der Waals surface area (Å²) in [6.07, 6.45) is 1.01. The minimum Gasteiger partial charge on any atom is -0.480 e. The molecule has 0 radical (unpaired) electrons. The zero-order valence-corrected chi connectivity index (χ0v) is 9.73. The van der Waals surface area contributed by atoms with E-state index in [1.807, 2.05) is 0 Å². The van der Waals surface area contributed by atoms with Crippen molar-refractivity contribution in [3.05, 3.63) is 0 Å². The molecule has 0 bridgehead atoms. The zero-order chi connectivity index (χ0) is 11.1. The maximum Gasteiger partial charge on any atom is 0.317 e. The highest BCUT2D eigenvalue weighted by Gasteiger charge is 2.21. The molecule has 2 N–H and O–H groups in total. The molecule has 0 aromatic heterocycles. The van der Waals surface area contributed by atoms with Gasteiger partial charge in [-0.3, -0.25) is 9.59 Å². The third-order valence-electron chi connectivity index (χ3n) is 1.58. The Hall–Kier alpha value is -0.360. The molecule has 0 aliphatic heterocycles. The molecule has 82 valence electrons. The van der Waals surface area contributed by atoms with E-state index in [0.717, 1.165) is 21.6 Å². The lowest BCUT2D eigenvalue weighted by atomic mass is 10.3. The number of carbonyl (C=O) groups is 2. The highest BCUT2D eigenvalue weighted by Crippen LogP contribution is 2.34. The maximum absolute atomic E-state index is 10.6. The molecular weight excluding hydrogens is 224 g/mol. The molecule has 14 heavy (non-hydrogen) atoms. The molecule has 0 saturated heterocycles. The molecule has 0 aromatic rings. The van der Waals surface area contributed by atoms with Crippen molar-refractivity contribution in [1.82, 2.24) is 0 Å². The molecule has 0 spiro atoms. The quantitative estimate of drug-likeness (QED) is 0.662. The summed E-state index contributed by atoms with van der Waals surface area (Å²) >= 11 is 0. The monoisotopic (exact) mass is 238 g/mol. The number of hydrogen-bond acceptors (Lipinski definition) is 4. The van der Waals surface area contributed by atoms with E-state index in [0.29, 0.717) is 12.8 Å². The van der Waals surface area contributed by atoms with Gasteiger partial charge in [0.05, 0.1) is 0 Å². The standard InChI is InChI=1S/C8H14O4S2/c1-3-5(7(9)10)13-14-6(4-2)8(11)12/h5-6H,3-4H2,1-2H3,(H,9,10)(H,11,12)/t5-,6+. The molecule has 0 saturated carbocycles. The summed E-state index contributed by atoms with van der Waals surface area (Å²) in [7, 11) is 2.25. The summed E-state index contributed by atoms with van der Waals surface area (Å²) in [5, 5.41) is 16.4. The highest BCUT2D eigenvalue weighted by atomic mass is 33.1. The van der Waals surface area contributed by atoms with Crippen LogP contribution in [0.1, 0.15) is 26.7 Å². The van der Waals surface area contributed by atoms with E-state index in [9.17, 15) is 9.59 Å². The zero-order valence-electron chi connectivity index (χ0n) is 8.10. The summed E-state index contributed by atoms with van der Waals surface area (Å²) < 4.78 is 0. The van der Waals surface area contributed by atoms with E-state index >= 15 is 0 Å². The van der Waals surface area contributed by atoms with Crippen LogP contribution in [-0.4, -0.2) is 32.7 Å². The first-order valence-electron chi connectivity index (χ1n) is 4.30. The Labute approximate surface area is 90.9 Å². The molecular formula is C8H14O4S2. The van der Waals surface area contributed by atoms with Crippen LogP contribution >= 0.6 is 21.6 Å². The second-order valence-electron chi connectivity index (χ2n) is 2.66. The first-order chi connectivity index (χ1) is 6.52. The number of aliphatic carboxylic acids is 2. The second kappa shape index (κ2) is 7.00. The molecule has 0 unspecified atom stereocenters. The Morgan fingerprint density at radius 2 is 1.29 bits per heavy atom. The molecule has 4 nitrogen and oxygen atoms in total. The van der Waals surface area contributed by atoms with Gasteiger partial charge in [-0.25, -0.2) is 0 Å². The van der Waals surface area contributed by atoms with Crippen molar-refractivity contribution in [2.75, 3.05) is 0 Å². The SMILES string of the molecule is CC[C@H](SS[C@H](CC)C(=O)O)C(=O)O. The van der Waals surface area contributed by atoms with E-state index in [1.165, 1.54) is 0 Å². The van der Waals surface area contributed by atoms with Gasteiger partial charge in [-0.05, 0) is 12.8 Å². The van der Waals surface area contributed by atoms with Gasteiger partial charge in [0.25, 0.3) is 0 Å². The lowest BCUT2D eigenvalue weighted by Gasteiger charge is -2.12. The molecule has 0 fully saturated rings. The second-order valence-corrected chi connectivity index (χ2v) is 5.34. The van der Waals surface area contributed by atoms with Gasteiger partial charge in [-0.2, -0.15) is 0 Å². The fourth-order valence-electron chi connectivity index (χ4n) is 0.702. The van der Waals surface area contributed by atoms with Gasteiger partial charge in [-0.15, -0.1) is 0 Å². The largest absolute Gasteiger partial charge is 0.480 e. The van der Waals surface area contributed by atoms with Crippen molar-refractivity contribution in [2.45, 2.75) is 37.2 Å². The first kappa shape index (κ1) is 13.6. The molecule has 0 aliphatic rings. The van der Waals surface area contributed by atoms with Gasteiger partial charge in [0.15, 0.2) is 0 Å². The third-order valence-corrected chi connectivity index (χ3v) is 4.95. The smallest absolute Gasteiger partial charge is 0.317 e. The fourth-order valence-corrected chi connectivity index (χ4v) is 3.52. The van der Waals surface area contributed by atoms with E-state index in [1.54, 1.807) is 13.8 Å². The number of rotatable bonds is 7. The minimum atomic E-state index is -0.884. The van der Waals surface area contributed by atoms with Crippen LogP contribution in [0.2, 0.25) is 0 Å². The first-order valence-corrected chi connectivity index (χ1v) is 6.58. The average molecular weight is 238 g/mol. The summed E-state index contributed by atoms with van der Waals surface area (Å²) in [4.78, 5) is 21.2. The Morgan fingerprint density at radius 3 is 1.43 bits per heavy atom. The van der Waals surface area contributed by atoms with Gasteiger partial charge >= 0.3 is 11.9 Å². The van der Waals surface area contributed by atoms with E-state index < -0.39 is 22.4 Å². The van der Waals surface area contributed by atoms with Crippen molar-refractivity contribution in [2.24, 2.45) is 0 Å². The van der Waals surface area contributed by atoms with Crippen LogP contribution in [-0.2, 0) is 9.59 Å². The van der Waals surface area contributed by atoms with Gasteiger partial charge in [-0.1, -0.05) is 35.4 Å².